The van der Waals surface area contributed by atoms with Gasteiger partial charge in [0.25, 0.3) is 0 Å². The van der Waals surface area contributed by atoms with E-state index in [0.717, 1.165) is 15.0 Å². The highest BCUT2D eigenvalue weighted by Gasteiger charge is 2.05. The summed E-state index contributed by atoms with van der Waals surface area (Å²) in [5, 5.41) is 0. The molecule has 0 saturated carbocycles. The molecule has 0 aliphatic carbocycles. The topological polar surface area (TPSA) is 38.7 Å². The highest BCUT2D eigenvalue weighted by Crippen LogP contribution is 2.28. The van der Waals surface area contributed by atoms with Crippen molar-refractivity contribution in [2.24, 2.45) is 0 Å². The molecule has 3 nitrogen and oxygen atoms in total. The summed E-state index contributed by atoms with van der Waals surface area (Å²) in [6.07, 6.45) is 4.99. The zero-order chi connectivity index (χ0) is 8.39. The van der Waals surface area contributed by atoms with Crippen LogP contribution in [0.1, 0.15) is 0 Å². The van der Waals surface area contributed by atoms with Crippen molar-refractivity contribution in [1.82, 2.24) is 15.0 Å². The van der Waals surface area contributed by atoms with Crippen LogP contribution in [-0.4, -0.2) is 15.0 Å². The second kappa shape index (κ2) is 3.28. The van der Waals surface area contributed by atoms with E-state index >= 15 is 0 Å². The molecule has 60 valence electrons. The molecule has 0 aliphatic heterocycles. The van der Waals surface area contributed by atoms with Crippen molar-refractivity contribution < 1.29 is 0 Å². The summed E-state index contributed by atoms with van der Waals surface area (Å²) in [6, 6.07) is 0. The zero-order valence-corrected chi connectivity index (χ0v) is 8.34. The van der Waals surface area contributed by atoms with Gasteiger partial charge in [0.15, 0.2) is 0 Å². The molecule has 2 rings (SSSR count). The molecule has 0 aliphatic rings. The van der Waals surface area contributed by atoms with Crippen molar-refractivity contribution in [2.75, 3.05) is 0 Å². The van der Waals surface area contributed by atoms with Gasteiger partial charge < -0.3 is 0 Å². The van der Waals surface area contributed by atoms with Crippen molar-refractivity contribution in [3.63, 3.8) is 0 Å². The third kappa shape index (κ3) is 1.37. The molecule has 0 radical (unpaired) electrons. The second-order valence-corrected chi connectivity index (χ2v) is 4.27. The van der Waals surface area contributed by atoms with Crippen molar-refractivity contribution in [2.45, 2.75) is 0 Å². The summed E-state index contributed by atoms with van der Waals surface area (Å²) in [7, 11) is 0. The van der Waals surface area contributed by atoms with Gasteiger partial charge in [0.1, 0.15) is 6.33 Å². The van der Waals surface area contributed by atoms with Gasteiger partial charge in [0.2, 0.25) is 0 Å². The standard InChI is InChI=1S/C7H4BrN3S/c8-7-6(11-4-12-7)5-1-9-3-10-2-5/h1-4H. The molecule has 0 aromatic carbocycles. The largest absolute Gasteiger partial charge is 0.244 e. The molecule has 5 heteroatoms. The van der Waals surface area contributed by atoms with Gasteiger partial charge in [0, 0.05) is 18.0 Å². The minimum atomic E-state index is 0.903. The van der Waals surface area contributed by atoms with Gasteiger partial charge in [-0.1, -0.05) is 0 Å². The van der Waals surface area contributed by atoms with Gasteiger partial charge in [-0.05, 0) is 15.9 Å². The summed E-state index contributed by atoms with van der Waals surface area (Å²) in [4.78, 5) is 12.0. The molecule has 0 N–H and O–H groups in total. The van der Waals surface area contributed by atoms with Crippen LogP contribution >= 0.6 is 27.3 Å². The monoisotopic (exact) mass is 241 g/mol. The lowest BCUT2D eigenvalue weighted by atomic mass is 10.3. The molecule has 12 heavy (non-hydrogen) atoms. The Balaban J connectivity index is 2.51. The van der Waals surface area contributed by atoms with Crippen LogP contribution in [0.15, 0.2) is 28.0 Å². The molecular weight excluding hydrogens is 238 g/mol. The molecular formula is C7H4BrN3S. The highest BCUT2D eigenvalue weighted by molar-refractivity contribution is 9.11. The Morgan fingerprint density at radius 3 is 2.58 bits per heavy atom. The first-order valence-corrected chi connectivity index (χ1v) is 4.89. The number of halogens is 1. The average molecular weight is 242 g/mol. The molecule has 0 saturated heterocycles. The Morgan fingerprint density at radius 1 is 1.25 bits per heavy atom. The van der Waals surface area contributed by atoms with Gasteiger partial charge in [-0.25, -0.2) is 15.0 Å². The van der Waals surface area contributed by atoms with E-state index in [9.17, 15) is 0 Å². The maximum atomic E-state index is 4.18. The van der Waals surface area contributed by atoms with Crippen LogP contribution in [-0.2, 0) is 0 Å². The van der Waals surface area contributed by atoms with Gasteiger partial charge in [-0.3, -0.25) is 0 Å². The van der Waals surface area contributed by atoms with E-state index in [1.165, 1.54) is 6.33 Å². The summed E-state index contributed by atoms with van der Waals surface area (Å²) in [5.74, 6) is 0. The molecule has 2 aromatic rings. The fourth-order valence-electron chi connectivity index (χ4n) is 0.841. The van der Waals surface area contributed by atoms with Crippen LogP contribution in [0.4, 0.5) is 0 Å². The molecule has 2 aromatic heterocycles. The predicted molar refractivity (Wildman–Crippen MR) is 50.8 cm³/mol. The lowest BCUT2D eigenvalue weighted by molar-refractivity contribution is 1.16. The molecule has 0 spiro atoms. The van der Waals surface area contributed by atoms with Crippen molar-refractivity contribution in [3.05, 3.63) is 28.0 Å². The van der Waals surface area contributed by atoms with Gasteiger partial charge in [0.05, 0.1) is 15.0 Å². The molecule has 0 amide bonds. The Labute approximate surface area is 81.7 Å². The first-order valence-electron chi connectivity index (χ1n) is 3.22. The first-order chi connectivity index (χ1) is 5.88. The van der Waals surface area contributed by atoms with Gasteiger partial charge in [-0.15, -0.1) is 11.3 Å². The van der Waals surface area contributed by atoms with Crippen molar-refractivity contribution in [1.29, 1.82) is 0 Å². The van der Waals surface area contributed by atoms with Crippen LogP contribution in [0.2, 0.25) is 0 Å². The molecule has 0 fully saturated rings. The number of hydrogen-bond acceptors (Lipinski definition) is 4. The molecule has 0 unspecified atom stereocenters. The third-order valence-corrected chi connectivity index (χ3v) is 2.91. The van der Waals surface area contributed by atoms with Crippen LogP contribution in [0, 0.1) is 0 Å². The Kier molecular flexibility index (Phi) is 2.14. The fourth-order valence-corrected chi connectivity index (χ4v) is 1.96. The Morgan fingerprint density at radius 2 is 2.00 bits per heavy atom. The summed E-state index contributed by atoms with van der Waals surface area (Å²) in [6.45, 7) is 0. The third-order valence-electron chi connectivity index (χ3n) is 1.36. The fraction of sp³-hybridized carbons (Fsp3) is 0. The maximum absolute atomic E-state index is 4.18. The SMILES string of the molecule is Brc1scnc1-c1cncnc1. The zero-order valence-electron chi connectivity index (χ0n) is 5.94. The second-order valence-electron chi connectivity index (χ2n) is 2.10. The van der Waals surface area contributed by atoms with E-state index in [2.05, 4.69) is 30.9 Å². The number of nitrogens with zero attached hydrogens (tertiary/aromatic N) is 3. The van der Waals surface area contributed by atoms with E-state index in [4.69, 9.17) is 0 Å². The van der Waals surface area contributed by atoms with Crippen LogP contribution < -0.4 is 0 Å². The summed E-state index contributed by atoms with van der Waals surface area (Å²) >= 11 is 4.95. The lowest BCUT2D eigenvalue weighted by Crippen LogP contribution is -1.81. The van der Waals surface area contributed by atoms with E-state index in [0.29, 0.717) is 0 Å². The van der Waals surface area contributed by atoms with E-state index in [1.807, 2.05) is 0 Å². The van der Waals surface area contributed by atoms with E-state index in [-0.39, 0.29) is 0 Å². The number of rotatable bonds is 1. The van der Waals surface area contributed by atoms with E-state index < -0.39 is 0 Å². The van der Waals surface area contributed by atoms with E-state index in [1.54, 1.807) is 29.2 Å². The smallest absolute Gasteiger partial charge is 0.115 e. The Bertz CT molecular complexity index is 373. The quantitative estimate of drug-likeness (QED) is 0.770. The van der Waals surface area contributed by atoms with Crippen molar-refractivity contribution in [3.8, 4) is 11.3 Å². The van der Waals surface area contributed by atoms with Crippen molar-refractivity contribution >= 4 is 27.3 Å². The van der Waals surface area contributed by atoms with Crippen LogP contribution in [0.5, 0.6) is 0 Å². The highest BCUT2D eigenvalue weighted by atomic mass is 79.9. The predicted octanol–water partition coefficient (Wildman–Crippen LogP) is 2.36. The first kappa shape index (κ1) is 7.82. The number of hydrogen-bond donors (Lipinski definition) is 0. The summed E-state index contributed by atoms with van der Waals surface area (Å²) < 4.78 is 1.01. The number of aromatic nitrogens is 3. The average Bonchev–Trinajstić information content (AvgIpc) is 2.53. The Hall–Kier alpha value is -0.810. The van der Waals surface area contributed by atoms with Gasteiger partial charge >= 0.3 is 0 Å². The normalized spacial score (nSPS) is 10.1. The van der Waals surface area contributed by atoms with Crippen LogP contribution in [0.3, 0.4) is 0 Å². The molecule has 0 atom stereocenters. The molecule has 2 heterocycles. The maximum Gasteiger partial charge on any atom is 0.115 e. The minimum Gasteiger partial charge on any atom is -0.244 e. The number of thiazole rings is 1. The molecule has 0 bridgehead atoms. The summed E-state index contributed by atoms with van der Waals surface area (Å²) in [5.41, 5.74) is 3.62. The lowest BCUT2D eigenvalue weighted by Gasteiger charge is -1.93. The van der Waals surface area contributed by atoms with Gasteiger partial charge in [-0.2, -0.15) is 0 Å². The van der Waals surface area contributed by atoms with Crippen LogP contribution in [0.25, 0.3) is 11.3 Å². The minimum absolute atomic E-state index is 0.903.